The molecule has 0 saturated carbocycles. The predicted molar refractivity (Wildman–Crippen MR) is 53.5 cm³/mol. The molecule has 0 aliphatic rings. The summed E-state index contributed by atoms with van der Waals surface area (Å²) >= 11 is 0. The molecule has 0 bridgehead atoms. The number of anilines is 1. The first-order valence-electron chi connectivity index (χ1n) is 4.36. The van der Waals surface area contributed by atoms with E-state index in [1.807, 2.05) is 0 Å². The zero-order chi connectivity index (χ0) is 12.7. The van der Waals surface area contributed by atoms with Gasteiger partial charge in [-0.1, -0.05) is 0 Å². The van der Waals surface area contributed by atoms with Gasteiger partial charge in [0, 0.05) is 18.6 Å². The number of halogens is 3. The molecule has 0 atom stereocenters. The number of alkyl halides is 3. The largest absolute Gasteiger partial charge is 0.433 e. The second-order valence-corrected chi connectivity index (χ2v) is 2.70. The molecule has 2 aromatic rings. The molecule has 2 N–H and O–H groups in total. The quantitative estimate of drug-likeness (QED) is 0.759. The normalized spacial score (nSPS) is 10.3. The van der Waals surface area contributed by atoms with Gasteiger partial charge in [-0.25, -0.2) is 19.9 Å². The summed E-state index contributed by atoms with van der Waals surface area (Å²) in [6, 6.07) is 2.54. The van der Waals surface area contributed by atoms with Gasteiger partial charge in [0.05, 0.1) is 0 Å². The Morgan fingerprint density at radius 2 is 1.71 bits per heavy atom. The van der Waals surface area contributed by atoms with Crippen molar-refractivity contribution in [3.63, 3.8) is 0 Å². The Balaban J connectivity index is 0.000000202. The van der Waals surface area contributed by atoms with Crippen molar-refractivity contribution in [3.8, 4) is 0 Å². The highest BCUT2D eigenvalue weighted by Crippen LogP contribution is 2.26. The van der Waals surface area contributed by atoms with Crippen LogP contribution in [-0.4, -0.2) is 19.9 Å². The van der Waals surface area contributed by atoms with Crippen LogP contribution < -0.4 is 5.73 Å². The highest BCUT2D eigenvalue weighted by atomic mass is 19.4. The third-order valence-corrected chi connectivity index (χ3v) is 1.44. The van der Waals surface area contributed by atoms with Crippen LogP contribution in [0, 0.1) is 0 Å². The minimum absolute atomic E-state index is 0.375. The van der Waals surface area contributed by atoms with Gasteiger partial charge >= 0.3 is 6.18 Å². The van der Waals surface area contributed by atoms with Crippen LogP contribution in [-0.2, 0) is 6.18 Å². The molecule has 0 radical (unpaired) electrons. The molecule has 0 aliphatic carbocycles. The maximum Gasteiger partial charge on any atom is 0.433 e. The fraction of sp³-hybridized carbons (Fsp3) is 0.111. The minimum Gasteiger partial charge on any atom is -0.368 e. The Hall–Kier alpha value is -2.25. The van der Waals surface area contributed by atoms with Crippen LogP contribution in [0.1, 0.15) is 5.69 Å². The van der Waals surface area contributed by atoms with Gasteiger partial charge in [-0.15, -0.1) is 0 Å². The number of nitrogens with two attached hydrogens (primary N) is 1. The molecule has 0 spiro atoms. The number of hydrogen-bond donors (Lipinski definition) is 1. The van der Waals surface area contributed by atoms with E-state index in [1.54, 1.807) is 18.5 Å². The van der Waals surface area contributed by atoms with E-state index in [4.69, 9.17) is 5.73 Å². The van der Waals surface area contributed by atoms with Crippen molar-refractivity contribution in [2.24, 2.45) is 0 Å². The van der Waals surface area contributed by atoms with Crippen molar-refractivity contribution in [1.29, 1.82) is 0 Å². The van der Waals surface area contributed by atoms with Crippen LogP contribution in [0.4, 0.5) is 19.1 Å². The van der Waals surface area contributed by atoms with Crippen molar-refractivity contribution in [2.45, 2.75) is 6.18 Å². The van der Waals surface area contributed by atoms with Gasteiger partial charge in [-0.05, 0) is 12.1 Å². The number of rotatable bonds is 0. The van der Waals surface area contributed by atoms with Gasteiger partial charge in [0.2, 0.25) is 5.95 Å². The van der Waals surface area contributed by atoms with Crippen LogP contribution in [0.25, 0.3) is 0 Å². The van der Waals surface area contributed by atoms with E-state index in [0.717, 1.165) is 12.3 Å². The van der Waals surface area contributed by atoms with Crippen LogP contribution >= 0.6 is 0 Å². The average molecular weight is 243 g/mol. The summed E-state index contributed by atoms with van der Waals surface area (Å²) in [7, 11) is 0. The number of aromatic nitrogens is 4. The summed E-state index contributed by atoms with van der Waals surface area (Å²) in [5.74, 6) is -0.375. The highest BCUT2D eigenvalue weighted by Gasteiger charge is 2.32. The Morgan fingerprint density at radius 1 is 1.06 bits per heavy atom. The molecule has 90 valence electrons. The van der Waals surface area contributed by atoms with Gasteiger partial charge in [0.15, 0.2) is 0 Å². The van der Waals surface area contributed by atoms with E-state index >= 15 is 0 Å². The Morgan fingerprint density at radius 3 is 2.00 bits per heavy atom. The second-order valence-electron chi connectivity index (χ2n) is 2.70. The average Bonchev–Trinajstić information content (AvgIpc) is 2.31. The SMILES string of the molecule is Nc1nccc(C(F)(F)F)n1.c1cncnc1. The molecule has 0 saturated heterocycles. The third kappa shape index (κ3) is 4.87. The molecule has 0 fully saturated rings. The third-order valence-electron chi connectivity index (χ3n) is 1.44. The lowest BCUT2D eigenvalue weighted by Crippen LogP contribution is -2.09. The second kappa shape index (κ2) is 5.73. The smallest absolute Gasteiger partial charge is 0.368 e. The van der Waals surface area contributed by atoms with Gasteiger partial charge in [-0.2, -0.15) is 13.2 Å². The Labute approximate surface area is 94.6 Å². The Bertz CT molecular complexity index is 419. The molecule has 5 nitrogen and oxygen atoms in total. The van der Waals surface area contributed by atoms with Crippen molar-refractivity contribution < 1.29 is 13.2 Å². The van der Waals surface area contributed by atoms with Gasteiger partial charge in [-0.3, -0.25) is 0 Å². The summed E-state index contributed by atoms with van der Waals surface area (Å²) in [4.78, 5) is 13.7. The van der Waals surface area contributed by atoms with E-state index < -0.39 is 11.9 Å². The zero-order valence-corrected chi connectivity index (χ0v) is 8.46. The summed E-state index contributed by atoms with van der Waals surface area (Å²) in [6.45, 7) is 0. The molecule has 2 heterocycles. The first-order chi connectivity index (χ1) is 8.00. The monoisotopic (exact) mass is 243 g/mol. The molecule has 0 amide bonds. The molecule has 0 aliphatic heterocycles. The summed E-state index contributed by atoms with van der Waals surface area (Å²) in [6.07, 6.45) is 1.39. The molecule has 2 rings (SSSR count). The van der Waals surface area contributed by atoms with Crippen molar-refractivity contribution in [1.82, 2.24) is 19.9 Å². The van der Waals surface area contributed by atoms with Crippen LogP contribution in [0.5, 0.6) is 0 Å². The van der Waals surface area contributed by atoms with Crippen LogP contribution in [0.2, 0.25) is 0 Å². The standard InChI is InChI=1S/C5H4F3N3.C4H4N2/c6-5(7,8)3-1-2-10-4(9)11-3;1-2-5-4-6-3-1/h1-2H,(H2,9,10,11);1-4H. The lowest BCUT2D eigenvalue weighted by molar-refractivity contribution is -0.141. The summed E-state index contributed by atoms with van der Waals surface area (Å²) < 4.78 is 35.5. The predicted octanol–water partition coefficient (Wildman–Crippen LogP) is 1.55. The fourth-order valence-corrected chi connectivity index (χ4v) is 0.785. The van der Waals surface area contributed by atoms with Crippen molar-refractivity contribution in [3.05, 3.63) is 42.7 Å². The molecule has 2 aromatic heterocycles. The molecule has 8 heteroatoms. The highest BCUT2D eigenvalue weighted by molar-refractivity contribution is 5.18. The molecule has 0 aromatic carbocycles. The number of nitrogen functional groups attached to an aromatic ring is 1. The van der Waals surface area contributed by atoms with Crippen LogP contribution in [0.3, 0.4) is 0 Å². The van der Waals surface area contributed by atoms with Gasteiger partial charge < -0.3 is 5.73 Å². The first-order valence-corrected chi connectivity index (χ1v) is 4.36. The van der Waals surface area contributed by atoms with E-state index in [1.165, 1.54) is 6.33 Å². The summed E-state index contributed by atoms with van der Waals surface area (Å²) in [5.41, 5.74) is 3.91. The lowest BCUT2D eigenvalue weighted by Gasteiger charge is -2.03. The van der Waals surface area contributed by atoms with E-state index in [2.05, 4.69) is 19.9 Å². The van der Waals surface area contributed by atoms with E-state index in [0.29, 0.717) is 0 Å². The fourth-order valence-electron chi connectivity index (χ4n) is 0.785. The Kier molecular flexibility index (Phi) is 4.32. The minimum atomic E-state index is -4.45. The van der Waals surface area contributed by atoms with Crippen molar-refractivity contribution >= 4 is 5.95 Å². The molecular weight excluding hydrogens is 235 g/mol. The summed E-state index contributed by atoms with van der Waals surface area (Å²) in [5, 5.41) is 0. The maximum absolute atomic E-state index is 11.8. The van der Waals surface area contributed by atoms with Gasteiger partial charge in [0.1, 0.15) is 12.0 Å². The van der Waals surface area contributed by atoms with Crippen LogP contribution in [0.15, 0.2) is 37.1 Å². The van der Waals surface area contributed by atoms with E-state index in [-0.39, 0.29) is 5.95 Å². The van der Waals surface area contributed by atoms with Gasteiger partial charge in [0.25, 0.3) is 0 Å². The topological polar surface area (TPSA) is 77.6 Å². The molecule has 17 heavy (non-hydrogen) atoms. The zero-order valence-electron chi connectivity index (χ0n) is 8.46. The molecule has 0 unspecified atom stereocenters. The van der Waals surface area contributed by atoms with Crippen molar-refractivity contribution in [2.75, 3.05) is 5.73 Å². The lowest BCUT2D eigenvalue weighted by atomic mass is 10.4. The number of hydrogen-bond acceptors (Lipinski definition) is 5. The first kappa shape index (κ1) is 12.8. The maximum atomic E-state index is 11.8. The van der Waals surface area contributed by atoms with E-state index in [9.17, 15) is 13.2 Å². The number of nitrogens with zero attached hydrogens (tertiary/aromatic N) is 4. The molecular formula is C9H8F3N5.